The van der Waals surface area contributed by atoms with Crippen molar-refractivity contribution in [3.8, 4) is 5.75 Å². The lowest BCUT2D eigenvalue weighted by Crippen LogP contribution is -2.13. The van der Waals surface area contributed by atoms with E-state index in [4.69, 9.17) is 33.7 Å². The normalized spacial score (nSPS) is 12.1. The maximum absolute atomic E-state index is 6.07. The van der Waals surface area contributed by atoms with Gasteiger partial charge in [-0.25, -0.2) is 4.98 Å². The Hall–Kier alpha value is -2.17. The number of halogens is 2. The summed E-state index contributed by atoms with van der Waals surface area (Å²) >= 11 is 12.1. The number of aromatic nitrogens is 2. The summed E-state index contributed by atoms with van der Waals surface area (Å²) in [5.41, 5.74) is 7.42. The van der Waals surface area contributed by atoms with Gasteiger partial charge in [-0.15, -0.1) is 0 Å². The van der Waals surface area contributed by atoms with Crippen molar-refractivity contribution in [2.24, 2.45) is 0 Å². The molecule has 0 saturated heterocycles. The van der Waals surface area contributed by atoms with Crippen LogP contribution in [0.2, 0.25) is 10.0 Å². The van der Waals surface area contributed by atoms with Crippen LogP contribution in [0.15, 0.2) is 54.9 Å². The largest absolute Gasteiger partial charge is 0.482 e. The molecule has 0 aliphatic heterocycles. The summed E-state index contributed by atoms with van der Waals surface area (Å²) in [6.07, 6.45) is 3.72. The van der Waals surface area contributed by atoms with Gasteiger partial charge in [-0.2, -0.15) is 0 Å². The van der Waals surface area contributed by atoms with Crippen LogP contribution in [0.1, 0.15) is 17.5 Å². The minimum atomic E-state index is -0.304. The lowest BCUT2D eigenvalue weighted by atomic mass is 10.1. The number of anilines is 1. The monoisotopic (exact) mass is 347 g/mol. The Morgan fingerprint density at radius 3 is 2.57 bits per heavy atom. The minimum Gasteiger partial charge on any atom is -0.482 e. The third-order valence-corrected chi connectivity index (χ3v) is 3.74. The van der Waals surface area contributed by atoms with Crippen LogP contribution >= 0.6 is 23.2 Å². The van der Waals surface area contributed by atoms with Gasteiger partial charge in [0.05, 0.1) is 0 Å². The van der Waals surface area contributed by atoms with Crippen LogP contribution in [0.4, 0.5) is 5.69 Å². The Bertz CT molecular complexity index is 770. The molecule has 0 aliphatic rings. The topological polar surface area (TPSA) is 63.9 Å². The van der Waals surface area contributed by atoms with Crippen LogP contribution in [-0.4, -0.2) is 9.97 Å². The molecule has 6 heteroatoms. The number of hydrogen-bond acceptors (Lipinski definition) is 3. The highest BCUT2D eigenvalue weighted by molar-refractivity contribution is 6.34. The molecule has 0 fully saturated rings. The zero-order valence-corrected chi connectivity index (χ0v) is 13.7. The molecule has 3 aromatic rings. The van der Waals surface area contributed by atoms with E-state index < -0.39 is 0 Å². The van der Waals surface area contributed by atoms with E-state index in [1.54, 1.807) is 24.5 Å². The fourth-order valence-corrected chi connectivity index (χ4v) is 2.91. The zero-order chi connectivity index (χ0) is 16.2. The predicted octanol–water partition coefficient (Wildman–Crippen LogP) is 4.66. The van der Waals surface area contributed by atoms with Crippen LogP contribution < -0.4 is 10.5 Å². The number of rotatable bonds is 5. The van der Waals surface area contributed by atoms with Crippen LogP contribution in [-0.2, 0) is 6.42 Å². The van der Waals surface area contributed by atoms with Crippen molar-refractivity contribution in [1.82, 2.24) is 9.97 Å². The summed E-state index contributed by atoms with van der Waals surface area (Å²) in [7, 11) is 0. The van der Waals surface area contributed by atoms with Gasteiger partial charge in [0, 0.05) is 40.6 Å². The number of nitrogens with one attached hydrogen (secondary N) is 1. The minimum absolute atomic E-state index is 0.304. The Morgan fingerprint density at radius 2 is 1.91 bits per heavy atom. The van der Waals surface area contributed by atoms with Gasteiger partial charge >= 0.3 is 0 Å². The van der Waals surface area contributed by atoms with E-state index >= 15 is 0 Å². The van der Waals surface area contributed by atoms with E-state index in [-0.39, 0.29) is 6.10 Å². The molecule has 118 valence electrons. The Labute approximate surface area is 144 Å². The van der Waals surface area contributed by atoms with E-state index in [0.29, 0.717) is 27.9 Å². The van der Waals surface area contributed by atoms with Crippen LogP contribution in [0.25, 0.3) is 0 Å². The second-order valence-electron chi connectivity index (χ2n) is 5.14. The van der Waals surface area contributed by atoms with E-state index in [2.05, 4.69) is 9.97 Å². The lowest BCUT2D eigenvalue weighted by Gasteiger charge is -2.18. The number of ether oxygens (including phenoxy) is 1. The highest BCUT2D eigenvalue weighted by Crippen LogP contribution is 2.27. The number of imidazole rings is 1. The molecular weight excluding hydrogens is 333 g/mol. The molecule has 23 heavy (non-hydrogen) atoms. The number of hydrogen-bond donors (Lipinski definition) is 2. The average Bonchev–Trinajstić information content (AvgIpc) is 2.99. The molecule has 1 aromatic heterocycles. The van der Waals surface area contributed by atoms with Crippen LogP contribution in [0.5, 0.6) is 5.75 Å². The molecule has 2 aromatic carbocycles. The van der Waals surface area contributed by atoms with Crippen molar-refractivity contribution >= 4 is 28.9 Å². The Kier molecular flexibility index (Phi) is 4.74. The summed E-state index contributed by atoms with van der Waals surface area (Å²) in [5.74, 6) is 1.41. The molecule has 1 atom stereocenters. The quantitative estimate of drug-likeness (QED) is 0.659. The van der Waals surface area contributed by atoms with E-state index in [9.17, 15) is 0 Å². The first-order valence-electron chi connectivity index (χ1n) is 7.06. The molecule has 0 bridgehead atoms. The van der Waals surface area contributed by atoms with Gasteiger partial charge in [-0.05, 0) is 35.9 Å². The van der Waals surface area contributed by atoms with Gasteiger partial charge in [-0.1, -0.05) is 29.3 Å². The van der Waals surface area contributed by atoms with Gasteiger partial charge in [0.1, 0.15) is 11.6 Å². The SMILES string of the molecule is Nc1cccc(OC(Cc2cc(Cl)cc(Cl)c2)c2ncc[nH]2)c1. The average molecular weight is 348 g/mol. The summed E-state index contributed by atoms with van der Waals surface area (Å²) in [6, 6.07) is 12.7. The number of nitrogens with zero attached hydrogens (tertiary/aromatic N) is 1. The van der Waals surface area contributed by atoms with Gasteiger partial charge in [0.25, 0.3) is 0 Å². The number of nitrogens with two attached hydrogens (primary N) is 1. The van der Waals surface area contributed by atoms with Gasteiger partial charge in [0.2, 0.25) is 0 Å². The summed E-state index contributed by atoms with van der Waals surface area (Å²) < 4.78 is 6.06. The van der Waals surface area contributed by atoms with E-state index in [1.165, 1.54) is 0 Å². The molecule has 1 heterocycles. The number of aromatic amines is 1. The molecule has 4 nitrogen and oxygen atoms in total. The van der Waals surface area contributed by atoms with Crippen LogP contribution in [0.3, 0.4) is 0 Å². The van der Waals surface area contributed by atoms with Crippen molar-refractivity contribution in [2.75, 3.05) is 5.73 Å². The maximum atomic E-state index is 6.07. The fraction of sp³-hybridized carbons (Fsp3) is 0.118. The first kappa shape index (κ1) is 15.7. The Morgan fingerprint density at radius 1 is 1.13 bits per heavy atom. The molecular formula is C17H15Cl2N3O. The van der Waals surface area contributed by atoms with Crippen molar-refractivity contribution in [3.63, 3.8) is 0 Å². The van der Waals surface area contributed by atoms with E-state index in [1.807, 2.05) is 30.3 Å². The van der Waals surface area contributed by atoms with Crippen molar-refractivity contribution < 1.29 is 4.74 Å². The number of H-pyrrole nitrogens is 1. The molecule has 1 unspecified atom stereocenters. The summed E-state index contributed by atoms with van der Waals surface area (Å²) in [4.78, 5) is 7.39. The van der Waals surface area contributed by atoms with Gasteiger partial charge in [-0.3, -0.25) is 0 Å². The van der Waals surface area contributed by atoms with Crippen molar-refractivity contribution in [2.45, 2.75) is 12.5 Å². The highest BCUT2D eigenvalue weighted by atomic mass is 35.5. The number of benzene rings is 2. The molecule has 0 amide bonds. The zero-order valence-electron chi connectivity index (χ0n) is 12.2. The van der Waals surface area contributed by atoms with Gasteiger partial charge in [0.15, 0.2) is 6.10 Å². The highest BCUT2D eigenvalue weighted by Gasteiger charge is 2.17. The molecule has 3 N–H and O–H groups in total. The fourth-order valence-electron chi connectivity index (χ4n) is 2.34. The molecule has 0 radical (unpaired) electrons. The maximum Gasteiger partial charge on any atom is 0.160 e. The molecule has 0 saturated carbocycles. The van der Waals surface area contributed by atoms with Crippen molar-refractivity contribution in [3.05, 3.63) is 76.3 Å². The predicted molar refractivity (Wildman–Crippen MR) is 93.0 cm³/mol. The van der Waals surface area contributed by atoms with Crippen LogP contribution in [0, 0.1) is 0 Å². The first-order valence-corrected chi connectivity index (χ1v) is 7.82. The van der Waals surface area contributed by atoms with Crippen molar-refractivity contribution in [1.29, 1.82) is 0 Å². The summed E-state index contributed by atoms with van der Waals surface area (Å²) in [5, 5.41) is 1.18. The second kappa shape index (κ2) is 6.94. The first-order chi connectivity index (χ1) is 11.1. The smallest absolute Gasteiger partial charge is 0.160 e. The van der Waals surface area contributed by atoms with E-state index in [0.717, 1.165) is 11.4 Å². The lowest BCUT2D eigenvalue weighted by molar-refractivity contribution is 0.197. The standard InChI is InChI=1S/C17H15Cl2N3O/c18-12-6-11(7-13(19)9-12)8-16(17-21-4-5-22-17)23-15-3-1-2-14(20)10-15/h1-7,9-10,16H,8,20H2,(H,21,22). The molecule has 0 spiro atoms. The number of nitrogen functional groups attached to an aromatic ring is 1. The third-order valence-electron chi connectivity index (χ3n) is 3.30. The molecule has 3 rings (SSSR count). The third kappa shape index (κ3) is 4.18. The molecule has 0 aliphatic carbocycles. The van der Waals surface area contributed by atoms with Gasteiger partial charge < -0.3 is 15.5 Å². The summed E-state index contributed by atoms with van der Waals surface area (Å²) in [6.45, 7) is 0. The second-order valence-corrected chi connectivity index (χ2v) is 6.01. The Balaban J connectivity index is 1.87.